The van der Waals surface area contributed by atoms with Gasteiger partial charge in [0.05, 0.1) is 16.8 Å². The lowest BCUT2D eigenvalue weighted by Gasteiger charge is -2.17. The fourth-order valence-electron chi connectivity index (χ4n) is 2.58. The molecule has 30 heavy (non-hydrogen) atoms. The molecule has 0 saturated carbocycles. The minimum Gasteiger partial charge on any atom is -0.488 e. The standard InChI is InChI=1S/C17H13F5N4O3S/c1-25-16(27)26(24-23-25)12-3-2-4-13(29-15(18)19)10(12)8-28-14-6-5-9(30)7-11(14)17(20,21)22/h2-7,15,30H,8H2,1H3. The summed E-state index contributed by atoms with van der Waals surface area (Å²) in [4.78, 5) is 12.2. The van der Waals surface area contributed by atoms with Crippen LogP contribution in [-0.2, 0) is 19.8 Å². The number of benzene rings is 2. The highest BCUT2D eigenvalue weighted by atomic mass is 32.1. The maximum Gasteiger partial charge on any atom is 0.420 e. The van der Waals surface area contributed by atoms with E-state index in [0.29, 0.717) is 0 Å². The predicted molar refractivity (Wildman–Crippen MR) is 96.3 cm³/mol. The normalized spacial score (nSPS) is 11.7. The van der Waals surface area contributed by atoms with Crippen molar-refractivity contribution in [3.05, 3.63) is 58.0 Å². The minimum atomic E-state index is -4.74. The van der Waals surface area contributed by atoms with Crippen molar-refractivity contribution in [2.75, 3.05) is 0 Å². The third-order valence-electron chi connectivity index (χ3n) is 3.91. The van der Waals surface area contributed by atoms with E-state index in [2.05, 4.69) is 27.8 Å². The van der Waals surface area contributed by atoms with E-state index in [1.807, 2.05) is 0 Å². The first-order valence-corrected chi connectivity index (χ1v) is 8.61. The van der Waals surface area contributed by atoms with Crippen molar-refractivity contribution in [3.8, 4) is 17.2 Å². The van der Waals surface area contributed by atoms with Crippen LogP contribution < -0.4 is 15.2 Å². The van der Waals surface area contributed by atoms with Crippen LogP contribution in [0.4, 0.5) is 22.0 Å². The largest absolute Gasteiger partial charge is 0.488 e. The number of alkyl halides is 5. The molecule has 0 atom stereocenters. The summed E-state index contributed by atoms with van der Waals surface area (Å²) in [5, 5.41) is 7.15. The molecule has 0 aliphatic heterocycles. The van der Waals surface area contributed by atoms with Crippen LogP contribution in [0.5, 0.6) is 11.5 Å². The van der Waals surface area contributed by atoms with E-state index < -0.39 is 36.4 Å². The lowest BCUT2D eigenvalue weighted by molar-refractivity contribution is -0.139. The maximum absolute atomic E-state index is 13.3. The summed E-state index contributed by atoms with van der Waals surface area (Å²) in [6.45, 7) is -3.84. The number of nitrogens with zero attached hydrogens (tertiary/aromatic N) is 4. The molecule has 0 radical (unpaired) electrons. The zero-order valence-corrected chi connectivity index (χ0v) is 16.0. The van der Waals surface area contributed by atoms with Gasteiger partial charge in [0.25, 0.3) is 0 Å². The van der Waals surface area contributed by atoms with Gasteiger partial charge in [0, 0.05) is 11.9 Å². The van der Waals surface area contributed by atoms with Crippen LogP contribution in [0, 0.1) is 0 Å². The Balaban J connectivity index is 2.05. The van der Waals surface area contributed by atoms with Gasteiger partial charge in [-0.1, -0.05) is 6.07 Å². The van der Waals surface area contributed by atoms with E-state index in [0.717, 1.165) is 27.6 Å². The van der Waals surface area contributed by atoms with Gasteiger partial charge in [0.1, 0.15) is 18.1 Å². The zero-order valence-electron chi connectivity index (χ0n) is 15.1. The molecule has 0 aliphatic rings. The molecule has 2 aromatic carbocycles. The van der Waals surface area contributed by atoms with Crippen molar-refractivity contribution in [2.24, 2.45) is 7.05 Å². The summed E-state index contributed by atoms with van der Waals surface area (Å²) in [5.41, 5.74) is -1.96. The second-order valence-electron chi connectivity index (χ2n) is 5.90. The number of hydrogen-bond donors (Lipinski definition) is 1. The van der Waals surface area contributed by atoms with Gasteiger partial charge in [-0.05, 0) is 40.8 Å². The Labute approximate surface area is 171 Å². The number of rotatable bonds is 6. The molecule has 0 fully saturated rings. The van der Waals surface area contributed by atoms with Crippen LogP contribution in [0.25, 0.3) is 5.69 Å². The lowest BCUT2D eigenvalue weighted by atomic mass is 10.1. The van der Waals surface area contributed by atoms with Gasteiger partial charge in [-0.3, -0.25) is 0 Å². The predicted octanol–water partition coefficient (Wildman–Crippen LogP) is 3.45. The molecule has 0 N–H and O–H groups in total. The Morgan fingerprint density at radius 1 is 1.13 bits per heavy atom. The van der Waals surface area contributed by atoms with Crippen LogP contribution in [0.1, 0.15) is 11.1 Å². The summed E-state index contributed by atoms with van der Waals surface area (Å²) in [5.74, 6) is -0.941. The molecule has 0 unspecified atom stereocenters. The van der Waals surface area contributed by atoms with E-state index >= 15 is 0 Å². The summed E-state index contributed by atoms with van der Waals surface area (Å²) < 4.78 is 77.0. The van der Waals surface area contributed by atoms with E-state index in [1.54, 1.807) is 0 Å². The van der Waals surface area contributed by atoms with Crippen LogP contribution in [0.2, 0.25) is 0 Å². The van der Waals surface area contributed by atoms with Crippen molar-refractivity contribution in [1.82, 2.24) is 19.8 Å². The molecule has 3 rings (SSSR count). The first-order chi connectivity index (χ1) is 14.1. The van der Waals surface area contributed by atoms with Gasteiger partial charge in [-0.15, -0.1) is 12.6 Å². The van der Waals surface area contributed by atoms with E-state index in [1.165, 1.54) is 25.2 Å². The second kappa shape index (κ2) is 8.34. The fraction of sp³-hybridized carbons (Fsp3) is 0.235. The molecular formula is C17H13F5N4O3S. The Bertz CT molecular complexity index is 1110. The van der Waals surface area contributed by atoms with Crippen molar-refractivity contribution in [2.45, 2.75) is 24.3 Å². The number of ether oxygens (including phenoxy) is 2. The number of hydrogen-bond acceptors (Lipinski definition) is 6. The molecule has 13 heteroatoms. The van der Waals surface area contributed by atoms with Crippen LogP contribution in [0.3, 0.4) is 0 Å². The third kappa shape index (κ3) is 4.56. The van der Waals surface area contributed by atoms with Crippen molar-refractivity contribution < 1.29 is 31.4 Å². The highest BCUT2D eigenvalue weighted by Crippen LogP contribution is 2.38. The second-order valence-corrected chi connectivity index (χ2v) is 6.41. The average Bonchev–Trinajstić information content (AvgIpc) is 2.99. The molecule has 160 valence electrons. The Hall–Kier alpha value is -3.09. The van der Waals surface area contributed by atoms with Gasteiger partial charge in [0.15, 0.2) is 0 Å². The third-order valence-corrected chi connectivity index (χ3v) is 4.19. The SMILES string of the molecule is Cn1nnn(-c2cccc(OC(F)F)c2COc2ccc(S)cc2C(F)(F)F)c1=O. The molecule has 0 spiro atoms. The molecule has 0 saturated heterocycles. The van der Waals surface area contributed by atoms with E-state index in [9.17, 15) is 26.7 Å². The van der Waals surface area contributed by atoms with Crippen LogP contribution in [-0.4, -0.2) is 26.4 Å². The van der Waals surface area contributed by atoms with Crippen molar-refractivity contribution in [3.63, 3.8) is 0 Å². The maximum atomic E-state index is 13.3. The number of tetrazole rings is 1. The van der Waals surface area contributed by atoms with Gasteiger partial charge in [-0.2, -0.15) is 31.3 Å². The molecule has 0 aliphatic carbocycles. The number of aromatic nitrogens is 4. The summed E-state index contributed by atoms with van der Waals surface area (Å²) in [7, 11) is 1.32. The minimum absolute atomic E-state index is 0.0365. The van der Waals surface area contributed by atoms with Crippen molar-refractivity contribution >= 4 is 12.6 Å². The quantitative estimate of drug-likeness (QED) is 0.462. The Morgan fingerprint density at radius 2 is 1.87 bits per heavy atom. The van der Waals surface area contributed by atoms with Gasteiger partial charge >= 0.3 is 18.5 Å². The van der Waals surface area contributed by atoms with E-state index in [-0.39, 0.29) is 21.9 Å². The molecular weight excluding hydrogens is 435 g/mol. The monoisotopic (exact) mass is 448 g/mol. The molecule has 0 bridgehead atoms. The zero-order chi connectivity index (χ0) is 22.1. The van der Waals surface area contributed by atoms with Crippen molar-refractivity contribution in [1.29, 1.82) is 0 Å². The van der Waals surface area contributed by atoms with Gasteiger partial charge < -0.3 is 9.47 Å². The Morgan fingerprint density at radius 3 is 2.47 bits per heavy atom. The number of halogens is 5. The topological polar surface area (TPSA) is 71.2 Å². The number of aryl methyl sites for hydroxylation is 1. The summed E-state index contributed by atoms with van der Waals surface area (Å²) in [6, 6.07) is 6.92. The fourth-order valence-corrected chi connectivity index (χ4v) is 2.79. The highest BCUT2D eigenvalue weighted by Gasteiger charge is 2.34. The van der Waals surface area contributed by atoms with Gasteiger partial charge in [-0.25, -0.2) is 4.79 Å². The Kier molecular flexibility index (Phi) is 6.01. The molecule has 7 nitrogen and oxygen atoms in total. The average molecular weight is 448 g/mol. The molecule has 1 aromatic heterocycles. The first kappa shape index (κ1) is 21.6. The summed E-state index contributed by atoms with van der Waals surface area (Å²) >= 11 is 3.89. The highest BCUT2D eigenvalue weighted by molar-refractivity contribution is 7.80. The molecule has 0 amide bonds. The van der Waals surface area contributed by atoms with E-state index in [4.69, 9.17) is 4.74 Å². The first-order valence-electron chi connectivity index (χ1n) is 8.17. The summed E-state index contributed by atoms with van der Waals surface area (Å²) in [6.07, 6.45) is -4.74. The van der Waals surface area contributed by atoms with Gasteiger partial charge in [0.2, 0.25) is 0 Å². The lowest BCUT2D eigenvalue weighted by Crippen LogP contribution is -2.23. The van der Waals surface area contributed by atoms with Crippen LogP contribution in [0.15, 0.2) is 46.1 Å². The number of thiol groups is 1. The van der Waals surface area contributed by atoms with Crippen LogP contribution >= 0.6 is 12.6 Å². The smallest absolute Gasteiger partial charge is 0.420 e. The molecule has 3 aromatic rings. The molecule has 1 heterocycles.